The average molecular weight is 692 g/mol. The molecule has 6 rings (SSSR count). The minimum Gasteiger partial charge on any atom is -0.484 e. The summed E-state index contributed by atoms with van der Waals surface area (Å²) in [6.45, 7) is 4.18. The van der Waals surface area contributed by atoms with E-state index in [1.165, 1.54) is 28.7 Å². The van der Waals surface area contributed by atoms with Gasteiger partial charge in [0, 0.05) is 35.1 Å². The number of carbonyl (C=O) groups excluding carboxylic acids is 3. The number of hydrogen-bond donors (Lipinski definition) is 2. The number of nitrogens with zero attached hydrogens (tertiary/aromatic N) is 1. The van der Waals surface area contributed by atoms with Crippen molar-refractivity contribution in [3.05, 3.63) is 142 Å². The molecule has 1 aromatic heterocycles. The number of thioether (sulfide) groups is 1. The first kappa shape index (κ1) is 34.0. The van der Waals surface area contributed by atoms with Gasteiger partial charge in [-0.3, -0.25) is 14.5 Å². The van der Waals surface area contributed by atoms with Crippen LogP contribution in [-0.4, -0.2) is 42.4 Å². The second kappa shape index (κ2) is 16.5. The van der Waals surface area contributed by atoms with Gasteiger partial charge in [0.2, 0.25) is 5.91 Å². The number of anilines is 2. The second-order valence-corrected chi connectivity index (χ2v) is 13.7. The number of nitrogens with one attached hydrogen (secondary N) is 2. The van der Waals surface area contributed by atoms with Gasteiger partial charge in [-0.2, -0.15) is 0 Å². The predicted molar refractivity (Wildman–Crippen MR) is 195 cm³/mol. The molecular weight excluding hydrogens is 655 g/mol. The number of rotatable bonds is 13. The molecule has 1 unspecified atom stereocenters. The van der Waals surface area contributed by atoms with Crippen molar-refractivity contribution in [3.8, 4) is 5.75 Å². The van der Waals surface area contributed by atoms with Gasteiger partial charge >= 0.3 is 5.97 Å². The summed E-state index contributed by atoms with van der Waals surface area (Å²) in [6, 6.07) is 36.4. The molecule has 49 heavy (non-hydrogen) atoms. The van der Waals surface area contributed by atoms with Crippen LogP contribution in [0.25, 0.3) is 0 Å². The van der Waals surface area contributed by atoms with Gasteiger partial charge < -0.3 is 20.1 Å². The lowest BCUT2D eigenvalue weighted by Crippen LogP contribution is -2.30. The van der Waals surface area contributed by atoms with E-state index in [9.17, 15) is 14.4 Å². The Morgan fingerprint density at radius 3 is 2.33 bits per heavy atom. The largest absolute Gasteiger partial charge is 0.484 e. The summed E-state index contributed by atoms with van der Waals surface area (Å²) >= 11 is 2.81. The van der Waals surface area contributed by atoms with Crippen LogP contribution in [0.1, 0.15) is 44.1 Å². The maximum atomic E-state index is 14.2. The molecule has 4 aromatic carbocycles. The fourth-order valence-electron chi connectivity index (χ4n) is 5.66. The molecule has 2 amide bonds. The molecular formula is C39H37N3O5S2. The highest BCUT2D eigenvalue weighted by molar-refractivity contribution is 8.00. The normalized spacial score (nSPS) is 13.2. The summed E-state index contributed by atoms with van der Waals surface area (Å²) in [5.41, 5.74) is 4.03. The predicted octanol–water partition coefficient (Wildman–Crippen LogP) is 7.97. The molecule has 5 aromatic rings. The van der Waals surface area contributed by atoms with E-state index in [4.69, 9.17) is 9.47 Å². The average Bonchev–Trinajstić information content (AvgIpc) is 3.48. The molecule has 8 nitrogen and oxygen atoms in total. The van der Waals surface area contributed by atoms with Gasteiger partial charge in [-0.25, -0.2) is 4.79 Å². The maximum absolute atomic E-state index is 14.2. The van der Waals surface area contributed by atoms with Crippen LogP contribution in [0.4, 0.5) is 10.7 Å². The lowest BCUT2D eigenvalue weighted by Gasteiger charge is -2.27. The Kier molecular flexibility index (Phi) is 11.4. The Labute approximate surface area is 294 Å². The zero-order valence-corrected chi connectivity index (χ0v) is 28.7. The number of benzene rings is 4. The van der Waals surface area contributed by atoms with E-state index in [1.54, 1.807) is 25.1 Å². The zero-order chi connectivity index (χ0) is 34.0. The van der Waals surface area contributed by atoms with Crippen LogP contribution in [0, 0.1) is 0 Å². The molecule has 1 aliphatic rings. The van der Waals surface area contributed by atoms with Crippen LogP contribution >= 0.6 is 23.1 Å². The van der Waals surface area contributed by atoms with Crippen LogP contribution in [-0.2, 0) is 33.8 Å². The highest BCUT2D eigenvalue weighted by Gasteiger charge is 2.31. The minimum atomic E-state index is -0.641. The van der Waals surface area contributed by atoms with Crippen LogP contribution < -0.4 is 15.4 Å². The number of fused-ring (bicyclic) bond motifs is 1. The standard InChI is InChI=1S/C39H37N3O5S2/c1-2-46-39(45)35-32-21-22-42(24-27-13-6-3-7-14-27)25-33(32)49-38(35)41-37(44)36(28-15-8-4-9-16-28)48-31-20-12-17-29(23-31)40-34(43)26-47-30-18-10-5-11-19-30/h3-20,23,36H,2,21-22,24-26H2,1H3,(H,40,43)(H,41,44). The van der Waals surface area contributed by atoms with Crippen molar-refractivity contribution < 1.29 is 23.9 Å². The Hall–Kier alpha value is -4.90. The van der Waals surface area contributed by atoms with E-state index in [0.29, 0.717) is 35.0 Å². The topological polar surface area (TPSA) is 97.0 Å². The third-order valence-corrected chi connectivity index (χ3v) is 10.3. The van der Waals surface area contributed by atoms with Gasteiger partial charge in [0.15, 0.2) is 6.61 Å². The molecule has 0 saturated carbocycles. The molecule has 250 valence electrons. The maximum Gasteiger partial charge on any atom is 0.341 e. The number of hydrogen-bond acceptors (Lipinski definition) is 8. The van der Waals surface area contributed by atoms with Crippen LogP contribution in [0.3, 0.4) is 0 Å². The molecule has 10 heteroatoms. The second-order valence-electron chi connectivity index (χ2n) is 11.5. The highest BCUT2D eigenvalue weighted by Crippen LogP contribution is 2.41. The molecule has 2 heterocycles. The van der Waals surface area contributed by atoms with Gasteiger partial charge in [-0.1, -0.05) is 84.9 Å². The van der Waals surface area contributed by atoms with Crippen LogP contribution in [0.2, 0.25) is 0 Å². The number of carbonyl (C=O) groups is 3. The smallest absolute Gasteiger partial charge is 0.341 e. The Balaban J connectivity index is 1.20. The Bertz CT molecular complexity index is 1880. The van der Waals surface area contributed by atoms with Crippen molar-refractivity contribution >= 4 is 51.6 Å². The number of amides is 2. The molecule has 0 aliphatic carbocycles. The number of para-hydroxylation sites is 1. The number of thiophene rings is 1. The molecule has 0 fully saturated rings. The van der Waals surface area contributed by atoms with Crippen molar-refractivity contribution in [1.82, 2.24) is 4.90 Å². The van der Waals surface area contributed by atoms with Gasteiger partial charge in [0.1, 0.15) is 16.0 Å². The van der Waals surface area contributed by atoms with E-state index in [-0.39, 0.29) is 25.0 Å². The fraction of sp³-hybridized carbons (Fsp3) is 0.205. The van der Waals surface area contributed by atoms with Gasteiger partial charge in [-0.15, -0.1) is 23.1 Å². The molecule has 2 N–H and O–H groups in total. The highest BCUT2D eigenvalue weighted by atomic mass is 32.2. The quantitative estimate of drug-likeness (QED) is 0.0955. The van der Waals surface area contributed by atoms with Crippen LogP contribution in [0.15, 0.2) is 120 Å². The van der Waals surface area contributed by atoms with Crippen molar-refractivity contribution in [1.29, 1.82) is 0 Å². The zero-order valence-electron chi connectivity index (χ0n) is 27.1. The summed E-state index contributed by atoms with van der Waals surface area (Å²) in [7, 11) is 0. The monoisotopic (exact) mass is 691 g/mol. The molecule has 1 aliphatic heterocycles. The third kappa shape index (κ3) is 8.97. The Morgan fingerprint density at radius 2 is 1.59 bits per heavy atom. The van der Waals surface area contributed by atoms with E-state index in [2.05, 4.69) is 27.7 Å². The molecule has 0 radical (unpaired) electrons. The first-order valence-corrected chi connectivity index (χ1v) is 17.8. The van der Waals surface area contributed by atoms with Gasteiger partial charge in [0.05, 0.1) is 12.2 Å². The molecule has 1 atom stereocenters. The summed E-state index contributed by atoms with van der Waals surface area (Å²) in [6.07, 6.45) is 0.689. The van der Waals surface area contributed by atoms with E-state index in [1.807, 2.05) is 84.9 Å². The van der Waals surface area contributed by atoms with Crippen molar-refractivity contribution in [2.75, 3.05) is 30.4 Å². The summed E-state index contributed by atoms with van der Waals surface area (Å²) < 4.78 is 11.1. The lowest BCUT2D eigenvalue weighted by atomic mass is 10.0. The summed E-state index contributed by atoms with van der Waals surface area (Å²) in [4.78, 5) is 44.3. The molecule has 0 bridgehead atoms. The van der Waals surface area contributed by atoms with Gasteiger partial charge in [-0.05, 0) is 60.4 Å². The van der Waals surface area contributed by atoms with Crippen molar-refractivity contribution in [2.24, 2.45) is 0 Å². The van der Waals surface area contributed by atoms with E-state index >= 15 is 0 Å². The van der Waals surface area contributed by atoms with Crippen molar-refractivity contribution in [2.45, 2.75) is 36.6 Å². The van der Waals surface area contributed by atoms with Crippen molar-refractivity contribution in [3.63, 3.8) is 0 Å². The lowest BCUT2D eigenvalue weighted by molar-refractivity contribution is -0.118. The first-order valence-electron chi connectivity index (χ1n) is 16.1. The van der Waals surface area contributed by atoms with E-state index in [0.717, 1.165) is 34.0 Å². The third-order valence-electron chi connectivity index (χ3n) is 7.93. The molecule has 0 saturated heterocycles. The number of esters is 1. The fourth-order valence-corrected chi connectivity index (χ4v) is 8.03. The first-order chi connectivity index (χ1) is 24.0. The molecule has 0 spiro atoms. The SMILES string of the molecule is CCOC(=O)c1c(NC(=O)C(Sc2cccc(NC(=O)COc3ccccc3)c2)c2ccccc2)sc2c1CCN(Cc1ccccc1)C2. The van der Waals surface area contributed by atoms with E-state index < -0.39 is 11.2 Å². The van der Waals surface area contributed by atoms with Gasteiger partial charge in [0.25, 0.3) is 5.91 Å². The number of ether oxygens (including phenoxy) is 2. The Morgan fingerprint density at radius 1 is 0.878 bits per heavy atom. The van der Waals surface area contributed by atoms with Crippen LogP contribution in [0.5, 0.6) is 5.75 Å². The minimum absolute atomic E-state index is 0.131. The summed E-state index contributed by atoms with van der Waals surface area (Å²) in [5, 5.41) is 5.87. The summed E-state index contributed by atoms with van der Waals surface area (Å²) in [5.74, 6) is -0.359.